The summed E-state index contributed by atoms with van der Waals surface area (Å²) < 4.78 is 20.7. The van der Waals surface area contributed by atoms with Gasteiger partial charge in [-0.2, -0.15) is 0 Å². The number of carbonyl (C=O) groups excluding carboxylic acids is 2. The number of rotatable bonds is 6. The minimum atomic E-state index is -1.77. The molecule has 2 saturated heterocycles. The van der Waals surface area contributed by atoms with E-state index in [9.17, 15) is 40.2 Å². The highest BCUT2D eigenvalue weighted by Crippen LogP contribution is 2.28. The third kappa shape index (κ3) is 5.59. The third-order valence-corrected chi connectivity index (χ3v) is 4.65. The van der Waals surface area contributed by atoms with Crippen LogP contribution in [0.4, 0.5) is 0 Å². The summed E-state index contributed by atoms with van der Waals surface area (Å²) in [5, 5.41) is 62.3. The standard InChI is InChI=1S/C16H27NO12/c1-5(19)17-9-14(11(22)8(27-15(9)25)4-26-6(2)20)29-16-13(24)12(23)10(21)7(3-18)28-16/h7-16,18,21-25H,3-4H2,1-2H3,(H,17,19)/t7-,8-,9-,10-,11-,12+,13-,14-,15+,16-/m1/s1. The van der Waals surface area contributed by atoms with Crippen LogP contribution in [0.1, 0.15) is 13.8 Å². The number of hydrogen-bond acceptors (Lipinski definition) is 12. The molecular formula is C16H27NO12. The van der Waals surface area contributed by atoms with Gasteiger partial charge in [0.15, 0.2) is 12.6 Å². The van der Waals surface area contributed by atoms with E-state index in [0.717, 1.165) is 13.8 Å². The van der Waals surface area contributed by atoms with Crippen molar-refractivity contribution in [1.29, 1.82) is 0 Å². The van der Waals surface area contributed by atoms with E-state index in [1.54, 1.807) is 0 Å². The van der Waals surface area contributed by atoms with Gasteiger partial charge in [-0.3, -0.25) is 9.59 Å². The molecule has 168 valence electrons. The van der Waals surface area contributed by atoms with Crippen LogP contribution in [0.5, 0.6) is 0 Å². The Labute approximate surface area is 165 Å². The van der Waals surface area contributed by atoms with Crippen LogP contribution in [-0.4, -0.2) is 117 Å². The molecule has 2 fully saturated rings. The van der Waals surface area contributed by atoms with E-state index in [1.165, 1.54) is 0 Å². The molecule has 0 saturated carbocycles. The summed E-state index contributed by atoms with van der Waals surface area (Å²) in [5.74, 6) is -1.25. The first-order valence-corrected chi connectivity index (χ1v) is 8.94. The van der Waals surface area contributed by atoms with E-state index >= 15 is 0 Å². The Morgan fingerprint density at radius 2 is 1.59 bits per heavy atom. The fraction of sp³-hybridized carbons (Fsp3) is 0.875. The van der Waals surface area contributed by atoms with Gasteiger partial charge in [-0.25, -0.2) is 0 Å². The summed E-state index contributed by atoms with van der Waals surface area (Å²) in [5.41, 5.74) is 0. The predicted octanol–water partition coefficient (Wildman–Crippen LogP) is -4.68. The quantitative estimate of drug-likeness (QED) is 0.201. The van der Waals surface area contributed by atoms with E-state index in [2.05, 4.69) is 5.32 Å². The number of aliphatic hydroxyl groups excluding tert-OH is 6. The molecule has 2 aliphatic heterocycles. The normalized spacial score (nSPS) is 42.9. The molecule has 1 amide bonds. The van der Waals surface area contributed by atoms with Gasteiger partial charge in [0.05, 0.1) is 6.61 Å². The zero-order valence-electron chi connectivity index (χ0n) is 15.8. The van der Waals surface area contributed by atoms with Gasteiger partial charge in [-0.1, -0.05) is 0 Å². The molecule has 0 aromatic rings. The van der Waals surface area contributed by atoms with Gasteiger partial charge in [0.2, 0.25) is 5.91 Å². The summed E-state index contributed by atoms with van der Waals surface area (Å²) in [7, 11) is 0. The summed E-state index contributed by atoms with van der Waals surface area (Å²) in [6.45, 7) is 1.14. The summed E-state index contributed by atoms with van der Waals surface area (Å²) in [6, 6.07) is -1.32. The average Bonchev–Trinajstić information content (AvgIpc) is 2.65. The second-order valence-electron chi connectivity index (χ2n) is 6.88. The molecule has 0 aromatic heterocycles. The maximum atomic E-state index is 11.5. The van der Waals surface area contributed by atoms with Crippen LogP contribution < -0.4 is 5.32 Å². The van der Waals surface area contributed by atoms with Crippen LogP contribution in [-0.2, 0) is 28.5 Å². The Morgan fingerprint density at radius 1 is 0.931 bits per heavy atom. The highest BCUT2D eigenvalue weighted by atomic mass is 16.7. The first-order valence-electron chi connectivity index (χ1n) is 8.94. The molecule has 13 heteroatoms. The highest BCUT2D eigenvalue weighted by Gasteiger charge is 2.51. The van der Waals surface area contributed by atoms with Gasteiger partial charge in [0.1, 0.15) is 55.4 Å². The van der Waals surface area contributed by atoms with Crippen LogP contribution in [0.15, 0.2) is 0 Å². The Bertz CT molecular complexity index is 574. The van der Waals surface area contributed by atoms with Crippen LogP contribution in [0.2, 0.25) is 0 Å². The number of nitrogens with one attached hydrogen (secondary N) is 1. The molecule has 10 atom stereocenters. The van der Waals surface area contributed by atoms with Gasteiger partial charge in [0.25, 0.3) is 0 Å². The zero-order chi connectivity index (χ0) is 21.9. The van der Waals surface area contributed by atoms with E-state index in [-0.39, 0.29) is 0 Å². The molecule has 13 nitrogen and oxygen atoms in total. The van der Waals surface area contributed by atoms with E-state index in [1.807, 2.05) is 0 Å². The number of aliphatic hydroxyl groups is 6. The second kappa shape index (κ2) is 10.1. The highest BCUT2D eigenvalue weighted by molar-refractivity contribution is 5.73. The smallest absolute Gasteiger partial charge is 0.302 e. The zero-order valence-corrected chi connectivity index (χ0v) is 15.8. The summed E-state index contributed by atoms with van der Waals surface area (Å²) in [6.07, 6.45) is -14.0. The maximum Gasteiger partial charge on any atom is 0.302 e. The van der Waals surface area contributed by atoms with Crippen LogP contribution in [0, 0.1) is 0 Å². The minimum Gasteiger partial charge on any atom is -0.463 e. The molecule has 2 aliphatic rings. The van der Waals surface area contributed by atoms with Crippen LogP contribution in [0.25, 0.3) is 0 Å². The van der Waals surface area contributed by atoms with Crippen molar-refractivity contribution in [2.75, 3.05) is 13.2 Å². The van der Waals surface area contributed by atoms with E-state index in [0.29, 0.717) is 0 Å². The second-order valence-corrected chi connectivity index (χ2v) is 6.88. The lowest BCUT2D eigenvalue weighted by molar-refractivity contribution is -0.341. The predicted molar refractivity (Wildman–Crippen MR) is 89.8 cm³/mol. The van der Waals surface area contributed by atoms with Crippen molar-refractivity contribution in [1.82, 2.24) is 5.32 Å². The van der Waals surface area contributed by atoms with Crippen molar-refractivity contribution in [2.24, 2.45) is 0 Å². The topological polar surface area (TPSA) is 204 Å². The van der Waals surface area contributed by atoms with Crippen LogP contribution in [0.3, 0.4) is 0 Å². The molecular weight excluding hydrogens is 398 g/mol. The van der Waals surface area contributed by atoms with Gasteiger partial charge in [0, 0.05) is 13.8 Å². The Morgan fingerprint density at radius 3 is 2.14 bits per heavy atom. The molecule has 2 heterocycles. The Balaban J connectivity index is 2.22. The van der Waals surface area contributed by atoms with Crippen molar-refractivity contribution < 1.29 is 59.2 Å². The first kappa shape index (κ1) is 23.9. The van der Waals surface area contributed by atoms with Gasteiger partial charge >= 0.3 is 5.97 Å². The monoisotopic (exact) mass is 425 g/mol. The Hall–Kier alpha value is -1.42. The molecule has 0 aliphatic carbocycles. The molecule has 0 radical (unpaired) electrons. The van der Waals surface area contributed by atoms with Gasteiger partial charge in [-0.15, -0.1) is 0 Å². The number of esters is 1. The third-order valence-electron chi connectivity index (χ3n) is 4.65. The van der Waals surface area contributed by atoms with Crippen molar-refractivity contribution in [2.45, 2.75) is 75.2 Å². The first-order chi connectivity index (χ1) is 13.6. The molecule has 0 spiro atoms. The lowest BCUT2D eigenvalue weighted by Crippen LogP contribution is -2.67. The lowest BCUT2D eigenvalue weighted by Gasteiger charge is -2.46. The molecule has 2 rings (SSSR count). The number of amides is 1. The average molecular weight is 425 g/mol. The fourth-order valence-electron chi connectivity index (χ4n) is 3.16. The SMILES string of the molecule is CC(=O)N[C@@H]1[C@@H](O[C@H]2O[C@H](CO)[C@@H](O)[C@H](O)[C@H]2O)[C@H](O)[C@@H](COC(C)=O)O[C@@H]1O. The summed E-state index contributed by atoms with van der Waals surface area (Å²) >= 11 is 0. The van der Waals surface area contributed by atoms with Crippen molar-refractivity contribution in [3.8, 4) is 0 Å². The number of hydrogen-bond donors (Lipinski definition) is 7. The summed E-state index contributed by atoms with van der Waals surface area (Å²) in [4.78, 5) is 22.5. The van der Waals surface area contributed by atoms with Gasteiger partial charge in [-0.05, 0) is 0 Å². The number of carbonyl (C=O) groups is 2. The lowest BCUT2D eigenvalue weighted by atomic mass is 9.95. The Kier molecular flexibility index (Phi) is 8.28. The molecule has 29 heavy (non-hydrogen) atoms. The van der Waals surface area contributed by atoms with E-state index in [4.69, 9.17) is 18.9 Å². The number of ether oxygens (including phenoxy) is 4. The minimum absolute atomic E-state index is 0.436. The van der Waals surface area contributed by atoms with E-state index < -0.39 is 86.4 Å². The maximum absolute atomic E-state index is 11.5. The van der Waals surface area contributed by atoms with Crippen LogP contribution >= 0.6 is 0 Å². The molecule has 0 bridgehead atoms. The van der Waals surface area contributed by atoms with Gasteiger partial charge < -0.3 is 54.9 Å². The van der Waals surface area contributed by atoms with Crippen molar-refractivity contribution >= 4 is 11.9 Å². The fourth-order valence-corrected chi connectivity index (χ4v) is 3.16. The molecule has 7 N–H and O–H groups in total. The van der Waals surface area contributed by atoms with Crippen molar-refractivity contribution in [3.63, 3.8) is 0 Å². The molecule has 0 aromatic carbocycles. The molecule has 0 unspecified atom stereocenters. The van der Waals surface area contributed by atoms with Crippen molar-refractivity contribution in [3.05, 3.63) is 0 Å². The largest absolute Gasteiger partial charge is 0.463 e.